The van der Waals surface area contributed by atoms with E-state index in [1.165, 1.54) is 44.0 Å². The van der Waals surface area contributed by atoms with Crippen molar-refractivity contribution in [1.82, 2.24) is 10.3 Å². The molecule has 0 radical (unpaired) electrons. The zero-order valence-electron chi connectivity index (χ0n) is 10.6. The molecule has 1 aromatic heterocycles. The number of nitrogens with zero attached hydrogens (tertiary/aromatic N) is 1. The molecule has 4 heteroatoms. The summed E-state index contributed by atoms with van der Waals surface area (Å²) in [7, 11) is 0. The number of halogens is 1. The second kappa shape index (κ2) is 4.69. The molecular weight excluding hydrogens is 320 g/mol. The van der Waals surface area contributed by atoms with Crippen LogP contribution in [0, 0.1) is 5.92 Å². The van der Waals surface area contributed by atoms with E-state index in [0.717, 1.165) is 25.4 Å². The highest BCUT2D eigenvalue weighted by molar-refractivity contribution is 9.10. The Morgan fingerprint density at radius 3 is 3.11 bits per heavy atom. The van der Waals surface area contributed by atoms with Gasteiger partial charge in [0.15, 0.2) is 0 Å². The van der Waals surface area contributed by atoms with Crippen LogP contribution in [0.3, 0.4) is 0 Å². The predicted octanol–water partition coefficient (Wildman–Crippen LogP) is 3.98. The summed E-state index contributed by atoms with van der Waals surface area (Å²) < 4.78 is 1.21. The maximum Gasteiger partial charge on any atom is 0.107 e. The van der Waals surface area contributed by atoms with Gasteiger partial charge in [-0.15, -0.1) is 11.3 Å². The molecule has 0 saturated heterocycles. The van der Waals surface area contributed by atoms with E-state index in [1.807, 2.05) is 11.3 Å². The Morgan fingerprint density at radius 1 is 1.37 bits per heavy atom. The number of benzene rings is 1. The number of fused-ring (bicyclic) bond motifs is 3. The lowest BCUT2D eigenvalue weighted by Gasteiger charge is -2.02. The Balaban J connectivity index is 1.55. The molecule has 0 aliphatic heterocycles. The van der Waals surface area contributed by atoms with E-state index in [4.69, 9.17) is 4.98 Å². The first-order valence-electron chi connectivity index (χ1n) is 6.78. The minimum atomic E-state index is 0.928. The number of rotatable bonds is 4. The van der Waals surface area contributed by atoms with Crippen molar-refractivity contribution in [2.24, 2.45) is 5.92 Å². The molecule has 0 bridgehead atoms. The molecule has 1 heterocycles. The number of hydrogen-bond acceptors (Lipinski definition) is 3. The lowest BCUT2D eigenvalue weighted by atomic mass is 10.1. The largest absolute Gasteiger partial charge is 0.310 e. The molecule has 1 fully saturated rings. The molecule has 2 aliphatic rings. The van der Waals surface area contributed by atoms with E-state index in [2.05, 4.69) is 39.4 Å². The summed E-state index contributed by atoms with van der Waals surface area (Å²) in [4.78, 5) is 6.25. The van der Waals surface area contributed by atoms with Crippen LogP contribution in [0.2, 0.25) is 0 Å². The molecule has 98 valence electrons. The van der Waals surface area contributed by atoms with E-state index in [0.29, 0.717) is 0 Å². The Bertz CT molecular complexity index is 631. The van der Waals surface area contributed by atoms with Gasteiger partial charge in [-0.1, -0.05) is 28.1 Å². The van der Waals surface area contributed by atoms with E-state index < -0.39 is 0 Å². The third-order valence-electron chi connectivity index (χ3n) is 3.86. The summed E-state index contributed by atoms with van der Waals surface area (Å²) >= 11 is 5.50. The van der Waals surface area contributed by atoms with Gasteiger partial charge in [-0.05, 0) is 36.9 Å². The smallest absolute Gasteiger partial charge is 0.107 e. The van der Waals surface area contributed by atoms with Gasteiger partial charge >= 0.3 is 0 Å². The first kappa shape index (κ1) is 12.1. The van der Waals surface area contributed by atoms with Crippen LogP contribution in [0.4, 0.5) is 0 Å². The summed E-state index contributed by atoms with van der Waals surface area (Å²) in [5, 5.41) is 4.76. The van der Waals surface area contributed by atoms with Gasteiger partial charge in [-0.3, -0.25) is 0 Å². The highest BCUT2D eigenvalue weighted by Crippen LogP contribution is 2.42. The summed E-state index contributed by atoms with van der Waals surface area (Å²) in [6, 6.07) is 6.41. The SMILES string of the molecule is Brc1cccc2c1Cc1sc(CNCC3CC3)nc1-2. The van der Waals surface area contributed by atoms with Crippen LogP contribution in [-0.4, -0.2) is 11.5 Å². The van der Waals surface area contributed by atoms with Crippen molar-refractivity contribution in [3.63, 3.8) is 0 Å². The molecule has 0 atom stereocenters. The van der Waals surface area contributed by atoms with Crippen molar-refractivity contribution in [2.75, 3.05) is 6.54 Å². The van der Waals surface area contributed by atoms with Crippen LogP contribution < -0.4 is 5.32 Å². The van der Waals surface area contributed by atoms with Crippen LogP contribution in [0.15, 0.2) is 22.7 Å². The lowest BCUT2D eigenvalue weighted by molar-refractivity contribution is 0.637. The summed E-state index contributed by atoms with van der Waals surface area (Å²) in [6.45, 7) is 2.09. The zero-order valence-corrected chi connectivity index (χ0v) is 13.0. The molecule has 4 rings (SSSR count). The molecule has 0 spiro atoms. The molecule has 1 N–H and O–H groups in total. The van der Waals surface area contributed by atoms with Crippen molar-refractivity contribution in [3.05, 3.63) is 38.1 Å². The number of hydrogen-bond donors (Lipinski definition) is 1. The van der Waals surface area contributed by atoms with Gasteiger partial charge in [-0.2, -0.15) is 0 Å². The average molecular weight is 335 g/mol. The van der Waals surface area contributed by atoms with E-state index >= 15 is 0 Å². The van der Waals surface area contributed by atoms with Crippen LogP contribution in [0.5, 0.6) is 0 Å². The Kier molecular flexibility index (Phi) is 2.98. The van der Waals surface area contributed by atoms with Gasteiger partial charge in [0.2, 0.25) is 0 Å². The summed E-state index contributed by atoms with van der Waals surface area (Å²) in [5.41, 5.74) is 3.92. The molecule has 2 nitrogen and oxygen atoms in total. The first-order valence-corrected chi connectivity index (χ1v) is 8.39. The van der Waals surface area contributed by atoms with E-state index in [9.17, 15) is 0 Å². The standard InChI is InChI=1S/C15H15BrN2S/c16-12-3-1-2-10-11(12)6-13-15(10)18-14(19-13)8-17-7-9-4-5-9/h1-3,9,17H,4-8H2. The molecule has 2 aliphatic carbocycles. The number of aromatic nitrogens is 1. The maximum atomic E-state index is 4.83. The van der Waals surface area contributed by atoms with Crippen molar-refractivity contribution in [1.29, 1.82) is 0 Å². The van der Waals surface area contributed by atoms with Gasteiger partial charge < -0.3 is 5.32 Å². The molecule has 0 unspecified atom stereocenters. The number of nitrogens with one attached hydrogen (secondary N) is 1. The molecule has 1 saturated carbocycles. The van der Waals surface area contributed by atoms with Crippen molar-refractivity contribution >= 4 is 27.3 Å². The fraction of sp³-hybridized carbons (Fsp3) is 0.400. The third-order valence-corrected chi connectivity index (χ3v) is 5.66. The fourth-order valence-corrected chi connectivity index (χ4v) is 4.20. The monoisotopic (exact) mass is 334 g/mol. The van der Waals surface area contributed by atoms with Gasteiger partial charge in [0.05, 0.1) is 5.69 Å². The van der Waals surface area contributed by atoms with Crippen molar-refractivity contribution in [3.8, 4) is 11.3 Å². The molecule has 2 aromatic rings. The summed E-state index contributed by atoms with van der Waals surface area (Å²) in [6.07, 6.45) is 3.85. The second-order valence-electron chi connectivity index (χ2n) is 5.40. The quantitative estimate of drug-likeness (QED) is 0.780. The van der Waals surface area contributed by atoms with Gasteiger partial charge in [0.25, 0.3) is 0 Å². The topological polar surface area (TPSA) is 24.9 Å². The van der Waals surface area contributed by atoms with Crippen molar-refractivity contribution in [2.45, 2.75) is 25.8 Å². The summed E-state index contributed by atoms with van der Waals surface area (Å²) in [5.74, 6) is 0.934. The molecule has 0 amide bonds. The van der Waals surface area contributed by atoms with Crippen molar-refractivity contribution < 1.29 is 0 Å². The van der Waals surface area contributed by atoms with Crippen LogP contribution in [-0.2, 0) is 13.0 Å². The average Bonchev–Trinajstić information content (AvgIpc) is 3.02. The molecule has 19 heavy (non-hydrogen) atoms. The first-order chi connectivity index (χ1) is 9.31. The minimum Gasteiger partial charge on any atom is -0.310 e. The molecule has 1 aromatic carbocycles. The predicted molar refractivity (Wildman–Crippen MR) is 82.5 cm³/mol. The van der Waals surface area contributed by atoms with Crippen LogP contribution >= 0.6 is 27.3 Å². The minimum absolute atomic E-state index is 0.928. The Morgan fingerprint density at radius 2 is 2.26 bits per heavy atom. The van der Waals surface area contributed by atoms with E-state index in [1.54, 1.807) is 0 Å². The highest BCUT2D eigenvalue weighted by Gasteiger charge is 2.25. The fourth-order valence-electron chi connectivity index (χ4n) is 2.63. The van der Waals surface area contributed by atoms with Gasteiger partial charge in [0, 0.05) is 27.9 Å². The van der Waals surface area contributed by atoms with Crippen LogP contribution in [0.25, 0.3) is 11.3 Å². The van der Waals surface area contributed by atoms with E-state index in [-0.39, 0.29) is 0 Å². The molecular formula is C15H15BrN2S. The number of thiazole rings is 1. The lowest BCUT2D eigenvalue weighted by Crippen LogP contribution is -2.15. The second-order valence-corrected chi connectivity index (χ2v) is 7.42. The van der Waals surface area contributed by atoms with Crippen LogP contribution in [0.1, 0.15) is 28.3 Å². The zero-order chi connectivity index (χ0) is 12.8. The normalized spacial score (nSPS) is 16.5. The highest BCUT2D eigenvalue weighted by atomic mass is 79.9. The third kappa shape index (κ3) is 2.26. The maximum absolute atomic E-state index is 4.83. The Hall–Kier alpha value is -0.710. The van der Waals surface area contributed by atoms with Gasteiger partial charge in [-0.25, -0.2) is 4.98 Å². The van der Waals surface area contributed by atoms with Gasteiger partial charge in [0.1, 0.15) is 5.01 Å². The Labute approximate surface area is 125 Å².